The third kappa shape index (κ3) is 3.11. The summed E-state index contributed by atoms with van der Waals surface area (Å²) in [6, 6.07) is 16.5. The fourth-order valence-corrected chi connectivity index (χ4v) is 2.98. The molecule has 0 saturated carbocycles. The van der Waals surface area contributed by atoms with E-state index in [4.69, 9.17) is 0 Å². The molecule has 1 unspecified atom stereocenters. The van der Waals surface area contributed by atoms with Crippen LogP contribution in [0.4, 0.5) is 0 Å². The number of aliphatic hydroxyl groups is 1. The van der Waals surface area contributed by atoms with Gasteiger partial charge in [-0.2, -0.15) is 0 Å². The van der Waals surface area contributed by atoms with Crippen molar-refractivity contribution in [3.63, 3.8) is 0 Å². The average Bonchev–Trinajstić information content (AvgIpc) is 2.88. The fraction of sp³-hybridized carbons (Fsp3) is 0.294. The molecule has 0 radical (unpaired) electrons. The van der Waals surface area contributed by atoms with E-state index >= 15 is 0 Å². The molecule has 0 fully saturated rings. The Morgan fingerprint density at radius 2 is 1.60 bits per heavy atom. The Balaban J connectivity index is 1.55. The van der Waals surface area contributed by atoms with Gasteiger partial charge in [0.1, 0.15) is 0 Å². The zero-order valence-corrected chi connectivity index (χ0v) is 12.9. The second-order valence-corrected chi connectivity index (χ2v) is 6.25. The molecule has 0 aromatic heterocycles. The van der Waals surface area contributed by atoms with Crippen molar-refractivity contribution in [3.8, 4) is 0 Å². The summed E-state index contributed by atoms with van der Waals surface area (Å²) >= 11 is 3.41. The average molecular weight is 332 g/mol. The van der Waals surface area contributed by atoms with Gasteiger partial charge in [0.25, 0.3) is 0 Å². The summed E-state index contributed by atoms with van der Waals surface area (Å²) in [5.41, 5.74) is 3.83. The third-order valence-electron chi connectivity index (χ3n) is 3.88. The van der Waals surface area contributed by atoms with E-state index in [1.807, 2.05) is 24.3 Å². The Bertz CT molecular complexity index is 557. The standard InChI is InChI=1S/C17H18BrNO/c18-16-7-5-13(6-8-16)17(20)9-10-19-11-14-3-1-2-4-15(14)12-19/h1-8,17,20H,9-12H2. The van der Waals surface area contributed by atoms with Gasteiger partial charge >= 0.3 is 0 Å². The number of hydrogen-bond donors (Lipinski definition) is 1. The summed E-state index contributed by atoms with van der Waals surface area (Å²) in [4.78, 5) is 2.40. The van der Waals surface area contributed by atoms with Crippen LogP contribution in [0.1, 0.15) is 29.2 Å². The molecule has 2 aromatic carbocycles. The van der Waals surface area contributed by atoms with Crippen LogP contribution in [0.5, 0.6) is 0 Å². The SMILES string of the molecule is OC(CCN1Cc2ccccc2C1)c1ccc(Br)cc1. The molecule has 0 aliphatic carbocycles. The lowest BCUT2D eigenvalue weighted by Crippen LogP contribution is -2.19. The number of benzene rings is 2. The van der Waals surface area contributed by atoms with Crippen molar-refractivity contribution in [1.82, 2.24) is 4.90 Å². The molecule has 1 N–H and O–H groups in total. The minimum absolute atomic E-state index is 0.383. The topological polar surface area (TPSA) is 23.5 Å². The van der Waals surface area contributed by atoms with E-state index in [1.165, 1.54) is 11.1 Å². The molecule has 1 heterocycles. The molecule has 3 rings (SSSR count). The highest BCUT2D eigenvalue weighted by Gasteiger charge is 2.19. The Labute approximate surface area is 128 Å². The van der Waals surface area contributed by atoms with Gasteiger partial charge in [-0.1, -0.05) is 52.3 Å². The van der Waals surface area contributed by atoms with Gasteiger partial charge < -0.3 is 5.11 Å². The Morgan fingerprint density at radius 1 is 1.00 bits per heavy atom. The minimum atomic E-state index is -0.383. The molecule has 0 bridgehead atoms. The molecule has 2 aromatic rings. The first kappa shape index (κ1) is 13.8. The molecule has 0 spiro atoms. The van der Waals surface area contributed by atoms with Crippen LogP contribution >= 0.6 is 15.9 Å². The highest BCUT2D eigenvalue weighted by Crippen LogP contribution is 2.25. The van der Waals surface area contributed by atoms with Crippen LogP contribution in [0, 0.1) is 0 Å². The van der Waals surface area contributed by atoms with Crippen LogP contribution in [0.2, 0.25) is 0 Å². The van der Waals surface area contributed by atoms with Gasteiger partial charge in [-0.3, -0.25) is 4.90 Å². The zero-order chi connectivity index (χ0) is 13.9. The predicted molar refractivity (Wildman–Crippen MR) is 84.3 cm³/mol. The van der Waals surface area contributed by atoms with E-state index in [0.29, 0.717) is 0 Å². The lowest BCUT2D eigenvalue weighted by atomic mass is 10.1. The smallest absolute Gasteiger partial charge is 0.0802 e. The quantitative estimate of drug-likeness (QED) is 0.918. The van der Waals surface area contributed by atoms with Crippen molar-refractivity contribution in [2.75, 3.05) is 6.54 Å². The van der Waals surface area contributed by atoms with E-state index < -0.39 is 0 Å². The molecule has 1 aliphatic rings. The van der Waals surface area contributed by atoms with E-state index in [9.17, 15) is 5.11 Å². The number of rotatable bonds is 4. The maximum Gasteiger partial charge on any atom is 0.0802 e. The molecule has 1 aliphatic heterocycles. The first-order valence-corrected chi connectivity index (χ1v) is 7.74. The first-order valence-electron chi connectivity index (χ1n) is 6.95. The van der Waals surface area contributed by atoms with Gasteiger partial charge in [0.15, 0.2) is 0 Å². The van der Waals surface area contributed by atoms with Crippen LogP contribution in [0.25, 0.3) is 0 Å². The summed E-state index contributed by atoms with van der Waals surface area (Å²) < 4.78 is 1.04. The lowest BCUT2D eigenvalue weighted by molar-refractivity contribution is 0.141. The highest BCUT2D eigenvalue weighted by atomic mass is 79.9. The zero-order valence-electron chi connectivity index (χ0n) is 11.3. The molecular weight excluding hydrogens is 314 g/mol. The van der Waals surface area contributed by atoms with Crippen molar-refractivity contribution in [2.45, 2.75) is 25.6 Å². The van der Waals surface area contributed by atoms with Gasteiger partial charge in [-0.25, -0.2) is 0 Å². The number of nitrogens with zero attached hydrogens (tertiary/aromatic N) is 1. The van der Waals surface area contributed by atoms with Gasteiger partial charge in [0, 0.05) is 24.1 Å². The maximum absolute atomic E-state index is 10.2. The molecular formula is C17H18BrNO. The minimum Gasteiger partial charge on any atom is -0.388 e. The van der Waals surface area contributed by atoms with Crippen molar-refractivity contribution >= 4 is 15.9 Å². The van der Waals surface area contributed by atoms with Crippen LogP contribution in [0.15, 0.2) is 53.0 Å². The van der Waals surface area contributed by atoms with Crippen molar-refractivity contribution in [2.24, 2.45) is 0 Å². The molecule has 3 heteroatoms. The largest absolute Gasteiger partial charge is 0.388 e. The number of hydrogen-bond acceptors (Lipinski definition) is 2. The summed E-state index contributed by atoms with van der Waals surface area (Å²) in [6.45, 7) is 2.93. The highest BCUT2D eigenvalue weighted by molar-refractivity contribution is 9.10. The summed E-state index contributed by atoms with van der Waals surface area (Å²) in [5, 5.41) is 10.2. The Kier molecular flexibility index (Phi) is 4.20. The number of aliphatic hydroxyl groups excluding tert-OH is 1. The second-order valence-electron chi connectivity index (χ2n) is 5.34. The van der Waals surface area contributed by atoms with E-state index in [1.54, 1.807) is 0 Å². The van der Waals surface area contributed by atoms with E-state index in [-0.39, 0.29) is 6.10 Å². The third-order valence-corrected chi connectivity index (χ3v) is 4.41. The molecule has 0 saturated heterocycles. The van der Waals surface area contributed by atoms with Crippen LogP contribution in [-0.4, -0.2) is 16.6 Å². The van der Waals surface area contributed by atoms with Gasteiger partial charge in [-0.15, -0.1) is 0 Å². The Hall–Kier alpha value is -1.16. The Morgan fingerprint density at radius 3 is 2.20 bits per heavy atom. The molecule has 1 atom stereocenters. The predicted octanol–water partition coefficient (Wildman–Crippen LogP) is 3.89. The van der Waals surface area contributed by atoms with Crippen LogP contribution in [0.3, 0.4) is 0 Å². The van der Waals surface area contributed by atoms with Crippen LogP contribution < -0.4 is 0 Å². The van der Waals surface area contributed by atoms with Crippen molar-refractivity contribution in [3.05, 3.63) is 69.7 Å². The van der Waals surface area contributed by atoms with Crippen LogP contribution in [-0.2, 0) is 13.1 Å². The summed E-state index contributed by atoms with van der Waals surface area (Å²) in [6.07, 6.45) is 0.391. The lowest BCUT2D eigenvalue weighted by Gasteiger charge is -2.18. The monoisotopic (exact) mass is 331 g/mol. The van der Waals surface area contributed by atoms with E-state index in [2.05, 4.69) is 45.1 Å². The van der Waals surface area contributed by atoms with Crippen molar-refractivity contribution in [1.29, 1.82) is 0 Å². The molecule has 20 heavy (non-hydrogen) atoms. The molecule has 2 nitrogen and oxygen atoms in total. The van der Waals surface area contributed by atoms with Crippen molar-refractivity contribution < 1.29 is 5.11 Å². The second kappa shape index (κ2) is 6.08. The van der Waals surface area contributed by atoms with Gasteiger partial charge in [-0.05, 0) is 35.2 Å². The number of halogens is 1. The summed E-state index contributed by atoms with van der Waals surface area (Å²) in [5.74, 6) is 0. The molecule has 0 amide bonds. The van der Waals surface area contributed by atoms with Gasteiger partial charge in [0.2, 0.25) is 0 Å². The van der Waals surface area contributed by atoms with E-state index in [0.717, 1.165) is 36.1 Å². The number of fused-ring (bicyclic) bond motifs is 1. The summed E-state index contributed by atoms with van der Waals surface area (Å²) in [7, 11) is 0. The normalized spacial score (nSPS) is 16.1. The maximum atomic E-state index is 10.2. The van der Waals surface area contributed by atoms with Gasteiger partial charge in [0.05, 0.1) is 6.10 Å². The fourth-order valence-electron chi connectivity index (χ4n) is 2.72. The molecule has 104 valence electrons. The first-order chi connectivity index (χ1) is 9.72.